The molecule has 42 heavy (non-hydrogen) atoms. The number of anilines is 1. The van der Waals surface area contributed by atoms with Crippen LogP contribution in [0.4, 0.5) is 5.69 Å². The Morgan fingerprint density at radius 1 is 1.12 bits per heavy atom. The Bertz CT molecular complexity index is 1210. The number of hydrogen-bond acceptors (Lipinski definition) is 5. The summed E-state index contributed by atoms with van der Waals surface area (Å²) in [4.78, 5) is 13.9. The molecule has 230 valence electrons. The van der Waals surface area contributed by atoms with Gasteiger partial charge in [0.25, 0.3) is 5.70 Å². The van der Waals surface area contributed by atoms with Crippen LogP contribution in [0.2, 0.25) is 0 Å². The maximum atomic E-state index is 11.6. The van der Waals surface area contributed by atoms with Crippen LogP contribution in [0.25, 0.3) is 5.57 Å². The predicted octanol–water partition coefficient (Wildman–Crippen LogP) is 8.41. The number of aliphatic hydroxyl groups is 1. The van der Waals surface area contributed by atoms with Gasteiger partial charge in [0.2, 0.25) is 0 Å². The van der Waals surface area contributed by atoms with Crippen molar-refractivity contribution in [3.63, 3.8) is 0 Å². The zero-order chi connectivity index (χ0) is 31.1. The number of benzene rings is 1. The first-order chi connectivity index (χ1) is 20.4. The standard InChI is InChI=1S/C32H41N3O3.2C2H6/c1-4-8-25(5-2)29(10-7-20-36)31(27-9-6-11-30(35(37)38)24(3)21-27)26-12-14-28(15-13-26)34-19-17-32(23-34)16-18-33-22-32;2*1-2/h4-5,8-9,11-15,21,33,36H,6-7,10,16-20,22-23H2,1-3H3;2*1-2H3/b8-4-,25-5+,31-29+;;. The molecule has 2 heterocycles. The average Bonchev–Trinajstić information content (AvgIpc) is 3.61. The molecule has 6 nitrogen and oxygen atoms in total. The second kappa shape index (κ2) is 17.7. The molecule has 0 bridgehead atoms. The summed E-state index contributed by atoms with van der Waals surface area (Å²) in [6.07, 6.45) is 16.3. The molecular formula is C36H53N3O3. The van der Waals surface area contributed by atoms with Gasteiger partial charge in [-0.2, -0.15) is 0 Å². The van der Waals surface area contributed by atoms with Crippen LogP contribution in [0.15, 0.2) is 88.7 Å². The molecule has 2 saturated heterocycles. The first-order valence-corrected chi connectivity index (χ1v) is 15.8. The van der Waals surface area contributed by atoms with Crippen LogP contribution in [0.1, 0.15) is 86.1 Å². The number of nitro groups is 1. The molecule has 1 unspecified atom stereocenters. The topological polar surface area (TPSA) is 78.6 Å². The largest absolute Gasteiger partial charge is 0.396 e. The van der Waals surface area contributed by atoms with E-state index in [2.05, 4.69) is 52.7 Å². The van der Waals surface area contributed by atoms with E-state index in [9.17, 15) is 15.2 Å². The molecule has 3 aliphatic rings. The smallest absolute Gasteiger partial charge is 0.268 e. The third-order valence-corrected chi connectivity index (χ3v) is 8.09. The van der Waals surface area contributed by atoms with Crippen molar-refractivity contribution in [2.45, 2.75) is 80.6 Å². The van der Waals surface area contributed by atoms with E-state index >= 15 is 0 Å². The van der Waals surface area contributed by atoms with Crippen LogP contribution in [0.3, 0.4) is 0 Å². The molecule has 1 aliphatic carbocycles. The summed E-state index contributed by atoms with van der Waals surface area (Å²) in [6.45, 7) is 18.4. The van der Waals surface area contributed by atoms with E-state index in [0.717, 1.165) is 54.0 Å². The maximum absolute atomic E-state index is 11.6. The first kappa shape index (κ1) is 35.0. The third kappa shape index (κ3) is 8.65. The highest BCUT2D eigenvalue weighted by Crippen LogP contribution is 2.40. The lowest BCUT2D eigenvalue weighted by Gasteiger charge is -2.24. The lowest BCUT2D eigenvalue weighted by atomic mass is 9.85. The molecule has 1 atom stereocenters. The van der Waals surface area contributed by atoms with Gasteiger partial charge in [-0.25, -0.2) is 0 Å². The Balaban J connectivity index is 0.00000148. The van der Waals surface area contributed by atoms with Gasteiger partial charge in [0, 0.05) is 42.9 Å². The van der Waals surface area contributed by atoms with Crippen molar-refractivity contribution < 1.29 is 10.0 Å². The monoisotopic (exact) mass is 575 g/mol. The van der Waals surface area contributed by atoms with E-state index in [1.807, 2.05) is 60.6 Å². The second-order valence-corrected chi connectivity index (χ2v) is 10.6. The Morgan fingerprint density at radius 3 is 2.40 bits per heavy atom. The summed E-state index contributed by atoms with van der Waals surface area (Å²) >= 11 is 0. The number of allylic oxidation sites excluding steroid dienone is 11. The minimum Gasteiger partial charge on any atom is -0.396 e. The molecule has 2 fully saturated rings. The van der Waals surface area contributed by atoms with Crippen LogP contribution in [-0.2, 0) is 0 Å². The minimum atomic E-state index is -0.298. The zero-order valence-electron chi connectivity index (χ0n) is 27.0. The van der Waals surface area contributed by atoms with Crippen molar-refractivity contribution in [1.29, 1.82) is 0 Å². The normalized spacial score (nSPS) is 21.0. The van der Waals surface area contributed by atoms with Gasteiger partial charge in [-0.1, -0.05) is 64.1 Å². The van der Waals surface area contributed by atoms with Crippen LogP contribution >= 0.6 is 0 Å². The van der Waals surface area contributed by atoms with Crippen molar-refractivity contribution in [2.24, 2.45) is 5.41 Å². The molecule has 0 saturated carbocycles. The summed E-state index contributed by atoms with van der Waals surface area (Å²) in [5, 5.41) is 24.9. The van der Waals surface area contributed by atoms with E-state index in [4.69, 9.17) is 0 Å². The first-order valence-electron chi connectivity index (χ1n) is 15.8. The van der Waals surface area contributed by atoms with Gasteiger partial charge in [-0.05, 0) is 112 Å². The minimum absolute atomic E-state index is 0.106. The third-order valence-electron chi connectivity index (χ3n) is 8.09. The van der Waals surface area contributed by atoms with Gasteiger partial charge in [0.15, 0.2) is 0 Å². The van der Waals surface area contributed by atoms with Gasteiger partial charge in [0.05, 0.1) is 4.92 Å². The number of nitrogens with one attached hydrogen (secondary N) is 1. The Hall–Kier alpha value is -3.22. The molecule has 1 aromatic carbocycles. The molecule has 1 aromatic rings. The van der Waals surface area contributed by atoms with Crippen LogP contribution in [-0.4, -0.2) is 42.8 Å². The molecule has 2 aliphatic heterocycles. The van der Waals surface area contributed by atoms with Crippen molar-refractivity contribution in [3.8, 4) is 0 Å². The highest BCUT2D eigenvalue weighted by Gasteiger charge is 2.40. The van der Waals surface area contributed by atoms with Crippen molar-refractivity contribution >= 4 is 11.3 Å². The molecule has 0 aromatic heterocycles. The van der Waals surface area contributed by atoms with E-state index in [1.165, 1.54) is 18.5 Å². The summed E-state index contributed by atoms with van der Waals surface area (Å²) < 4.78 is 0. The number of nitrogens with zero attached hydrogens (tertiary/aromatic N) is 2. The van der Waals surface area contributed by atoms with Crippen LogP contribution in [0.5, 0.6) is 0 Å². The Morgan fingerprint density at radius 2 is 1.83 bits per heavy atom. The van der Waals surface area contributed by atoms with Crippen molar-refractivity contribution in [3.05, 3.63) is 104 Å². The van der Waals surface area contributed by atoms with Crippen LogP contribution < -0.4 is 10.2 Å². The van der Waals surface area contributed by atoms with Gasteiger partial charge in [0.1, 0.15) is 0 Å². The lowest BCUT2D eigenvalue weighted by Crippen LogP contribution is -2.29. The van der Waals surface area contributed by atoms with Gasteiger partial charge < -0.3 is 15.3 Å². The summed E-state index contributed by atoms with van der Waals surface area (Å²) in [5.41, 5.74) is 7.85. The Kier molecular flexibility index (Phi) is 14.7. The summed E-state index contributed by atoms with van der Waals surface area (Å²) in [7, 11) is 0. The molecule has 0 amide bonds. The van der Waals surface area contributed by atoms with Gasteiger partial charge in [-0.3, -0.25) is 10.1 Å². The summed E-state index contributed by atoms with van der Waals surface area (Å²) in [5.74, 6) is 0. The molecule has 4 rings (SSSR count). The van der Waals surface area contributed by atoms with E-state index in [0.29, 0.717) is 30.3 Å². The lowest BCUT2D eigenvalue weighted by molar-refractivity contribution is -0.421. The Labute approximate surface area is 254 Å². The van der Waals surface area contributed by atoms with Crippen LogP contribution in [0, 0.1) is 15.5 Å². The number of rotatable bonds is 9. The second-order valence-electron chi connectivity index (χ2n) is 10.6. The number of aliphatic hydroxyl groups excluding tert-OH is 1. The predicted molar refractivity (Wildman–Crippen MR) is 179 cm³/mol. The highest BCUT2D eigenvalue weighted by molar-refractivity contribution is 5.88. The fourth-order valence-corrected chi connectivity index (χ4v) is 6.09. The van der Waals surface area contributed by atoms with Crippen molar-refractivity contribution in [1.82, 2.24) is 5.32 Å². The maximum Gasteiger partial charge on any atom is 0.268 e. The van der Waals surface area contributed by atoms with Gasteiger partial charge in [-0.15, -0.1) is 0 Å². The van der Waals surface area contributed by atoms with E-state index in [1.54, 1.807) is 6.08 Å². The average molecular weight is 576 g/mol. The fraction of sp³-hybridized carbons (Fsp3) is 0.500. The number of hydrogen-bond donors (Lipinski definition) is 2. The van der Waals surface area contributed by atoms with E-state index in [-0.39, 0.29) is 17.2 Å². The quantitative estimate of drug-likeness (QED) is 0.176. The van der Waals surface area contributed by atoms with Gasteiger partial charge >= 0.3 is 0 Å². The SMILES string of the molecule is CC.CC.C\C=C/C(=C\C)C(/CCCO)=C(/C1=CCC=C([N+](=O)[O-])C(C)=C1)c1ccc(N2CCC3(CCNC3)C2)cc1. The van der Waals surface area contributed by atoms with Crippen molar-refractivity contribution in [2.75, 3.05) is 37.7 Å². The fourth-order valence-electron chi connectivity index (χ4n) is 6.09. The molecular weight excluding hydrogens is 522 g/mol. The molecule has 2 N–H and O–H groups in total. The molecule has 6 heteroatoms. The van der Waals surface area contributed by atoms with E-state index < -0.39 is 0 Å². The highest BCUT2D eigenvalue weighted by atomic mass is 16.6. The molecule has 1 spiro atoms. The zero-order valence-corrected chi connectivity index (χ0v) is 27.0. The molecule has 0 radical (unpaired) electrons. The summed E-state index contributed by atoms with van der Waals surface area (Å²) in [6, 6.07) is 8.84.